The predicted octanol–water partition coefficient (Wildman–Crippen LogP) is 3.57. The fourth-order valence-electron chi connectivity index (χ4n) is 6.34. The van der Waals surface area contributed by atoms with E-state index in [1.165, 1.54) is 24.4 Å². The number of nitrogens with one attached hydrogen (secondary N) is 2. The second kappa shape index (κ2) is 14.9. The van der Waals surface area contributed by atoms with E-state index in [4.69, 9.17) is 14.2 Å². The van der Waals surface area contributed by atoms with E-state index in [1.54, 1.807) is 39.0 Å². The molecule has 0 saturated carbocycles. The van der Waals surface area contributed by atoms with Crippen molar-refractivity contribution in [2.45, 2.75) is 71.2 Å². The van der Waals surface area contributed by atoms with Crippen molar-refractivity contribution in [2.75, 3.05) is 52.8 Å². The predicted molar refractivity (Wildman–Crippen MR) is 182 cm³/mol. The average Bonchev–Trinajstić information content (AvgIpc) is 3.29. The third-order valence-electron chi connectivity index (χ3n) is 9.21. The van der Waals surface area contributed by atoms with Crippen LogP contribution in [0.2, 0.25) is 0 Å². The second-order valence-electron chi connectivity index (χ2n) is 12.4. The minimum atomic E-state index is -3.42. The highest BCUT2D eigenvalue weighted by Crippen LogP contribution is 2.50. The van der Waals surface area contributed by atoms with Crippen LogP contribution in [-0.2, 0) is 26.0 Å². The van der Waals surface area contributed by atoms with E-state index in [2.05, 4.69) is 10.6 Å². The quantitative estimate of drug-likeness (QED) is 0.366. The molecular formula is C34H48N4O8S. The van der Waals surface area contributed by atoms with Gasteiger partial charge in [-0.05, 0) is 67.5 Å². The van der Waals surface area contributed by atoms with Gasteiger partial charge in [-0.15, -0.1) is 0 Å². The highest BCUT2D eigenvalue weighted by molar-refractivity contribution is 7.89. The zero-order chi connectivity index (χ0) is 34.6. The number of hydrogen-bond acceptors (Lipinski definition) is 9. The van der Waals surface area contributed by atoms with Crippen LogP contribution in [-0.4, -0.2) is 88.2 Å². The minimum absolute atomic E-state index is 0.132. The lowest BCUT2D eigenvalue weighted by molar-refractivity contribution is -0.134. The van der Waals surface area contributed by atoms with Crippen LogP contribution in [0.15, 0.2) is 29.1 Å². The number of carbonyl (C=O) groups excluding carboxylic acids is 2. The van der Waals surface area contributed by atoms with Crippen molar-refractivity contribution in [2.24, 2.45) is 5.92 Å². The number of hydrogen-bond donors (Lipinski definition) is 2. The Bertz CT molecular complexity index is 1650. The van der Waals surface area contributed by atoms with Gasteiger partial charge in [0.15, 0.2) is 11.5 Å². The molecule has 2 aliphatic rings. The summed E-state index contributed by atoms with van der Waals surface area (Å²) in [7, 11) is 1.21. The van der Waals surface area contributed by atoms with Crippen LogP contribution in [0.4, 0.5) is 5.69 Å². The van der Waals surface area contributed by atoms with Gasteiger partial charge in [-0.3, -0.25) is 14.4 Å². The van der Waals surface area contributed by atoms with Gasteiger partial charge < -0.3 is 29.7 Å². The first-order valence-corrected chi connectivity index (χ1v) is 17.6. The normalized spacial score (nSPS) is 17.9. The molecule has 13 heteroatoms. The van der Waals surface area contributed by atoms with Crippen molar-refractivity contribution in [3.63, 3.8) is 0 Å². The summed E-state index contributed by atoms with van der Waals surface area (Å²) >= 11 is 0. The molecule has 0 radical (unpaired) electrons. The molecule has 1 aliphatic heterocycles. The van der Waals surface area contributed by atoms with Crippen molar-refractivity contribution < 1.29 is 32.2 Å². The Morgan fingerprint density at radius 2 is 1.64 bits per heavy atom. The number of piperazine rings is 1. The number of rotatable bonds is 11. The first-order chi connectivity index (χ1) is 22.3. The molecule has 0 spiro atoms. The van der Waals surface area contributed by atoms with E-state index in [-0.39, 0.29) is 55.0 Å². The fourth-order valence-corrected chi connectivity index (χ4v) is 7.60. The summed E-state index contributed by atoms with van der Waals surface area (Å²) in [5.74, 6) is 0.822. The summed E-state index contributed by atoms with van der Waals surface area (Å²) in [6.45, 7) is 9.64. The molecule has 0 aromatic heterocycles. The van der Waals surface area contributed by atoms with Crippen LogP contribution in [0, 0.1) is 5.92 Å². The van der Waals surface area contributed by atoms with Crippen LogP contribution in [0.5, 0.6) is 17.2 Å². The summed E-state index contributed by atoms with van der Waals surface area (Å²) < 4.78 is 44.0. The Labute approximate surface area is 277 Å². The van der Waals surface area contributed by atoms with Gasteiger partial charge in [0, 0.05) is 38.7 Å². The van der Waals surface area contributed by atoms with Crippen LogP contribution in [0.3, 0.4) is 0 Å². The third kappa shape index (κ3) is 7.35. The lowest BCUT2D eigenvalue weighted by Crippen LogP contribution is -2.56. The standard InChI is InChI=1S/C34H48N4O8S/c1-9-21(4)31(34(41)37-14-16-38(17-15-37)47(42,43)20(2)3)36-27-13-11-24-25(19-28(27)40)26(35-22(5)39)12-10-23-18-29(44-6)32(45-7)33(46-8)30(23)24/h11,13,18-21,26,31H,9-10,12,14-17H2,1-8H3,(H,35,39)(H,36,40)/t21-,26+,31+/m1/s1. The Morgan fingerprint density at radius 1 is 0.979 bits per heavy atom. The van der Waals surface area contributed by atoms with Gasteiger partial charge in [-0.1, -0.05) is 26.3 Å². The number of aryl methyl sites for hydroxylation is 1. The van der Waals surface area contributed by atoms with Crippen molar-refractivity contribution in [3.8, 4) is 28.4 Å². The summed E-state index contributed by atoms with van der Waals surface area (Å²) in [6, 6.07) is 5.73. The fraction of sp³-hybridized carbons (Fsp3) is 0.559. The van der Waals surface area contributed by atoms with E-state index in [1.807, 2.05) is 26.0 Å². The molecule has 2 amide bonds. The van der Waals surface area contributed by atoms with Gasteiger partial charge in [0.2, 0.25) is 33.0 Å². The van der Waals surface area contributed by atoms with Gasteiger partial charge in [0.1, 0.15) is 6.04 Å². The molecule has 0 unspecified atom stereocenters. The number of methoxy groups -OCH3 is 3. The molecule has 4 rings (SSSR count). The molecule has 2 aromatic carbocycles. The van der Waals surface area contributed by atoms with Crippen molar-refractivity contribution in [1.29, 1.82) is 0 Å². The number of nitrogens with zero attached hydrogens (tertiary/aromatic N) is 2. The van der Waals surface area contributed by atoms with Crippen molar-refractivity contribution >= 4 is 27.5 Å². The molecule has 1 fully saturated rings. The van der Waals surface area contributed by atoms with Gasteiger partial charge in [-0.25, -0.2) is 8.42 Å². The maximum absolute atomic E-state index is 13.9. The van der Waals surface area contributed by atoms with Gasteiger partial charge in [0.05, 0.1) is 38.3 Å². The zero-order valence-corrected chi connectivity index (χ0v) is 29.5. The second-order valence-corrected chi connectivity index (χ2v) is 14.9. The molecule has 3 atom stereocenters. The molecule has 1 saturated heterocycles. The maximum Gasteiger partial charge on any atom is 0.245 e. The van der Waals surface area contributed by atoms with Gasteiger partial charge in [0.25, 0.3) is 0 Å². The number of amides is 2. The largest absolute Gasteiger partial charge is 0.493 e. The van der Waals surface area contributed by atoms with Crippen LogP contribution in [0.25, 0.3) is 11.1 Å². The van der Waals surface area contributed by atoms with E-state index >= 15 is 0 Å². The molecule has 2 aromatic rings. The molecule has 258 valence electrons. The molecule has 12 nitrogen and oxygen atoms in total. The average molecular weight is 673 g/mol. The molecule has 0 bridgehead atoms. The number of benzene rings is 1. The third-order valence-corrected chi connectivity index (χ3v) is 11.5. The van der Waals surface area contributed by atoms with E-state index in [0.717, 1.165) is 11.1 Å². The van der Waals surface area contributed by atoms with Crippen molar-refractivity contribution in [1.82, 2.24) is 14.5 Å². The number of ether oxygens (including phenoxy) is 3. The number of anilines is 1. The lowest BCUT2D eigenvalue weighted by atomic mass is 9.95. The summed E-state index contributed by atoms with van der Waals surface area (Å²) in [4.78, 5) is 41.9. The Hall–Kier alpha value is -3.84. The summed E-state index contributed by atoms with van der Waals surface area (Å²) in [5, 5.41) is 5.73. The summed E-state index contributed by atoms with van der Waals surface area (Å²) in [5.41, 5.74) is 2.86. The number of sulfonamides is 1. The summed E-state index contributed by atoms with van der Waals surface area (Å²) in [6.07, 6.45) is 1.77. The van der Waals surface area contributed by atoms with Crippen LogP contribution >= 0.6 is 0 Å². The van der Waals surface area contributed by atoms with Crippen LogP contribution in [0.1, 0.15) is 64.6 Å². The Kier molecular flexibility index (Phi) is 11.4. The Morgan fingerprint density at radius 3 is 2.19 bits per heavy atom. The zero-order valence-electron chi connectivity index (χ0n) is 28.6. The van der Waals surface area contributed by atoms with E-state index in [0.29, 0.717) is 47.6 Å². The topological polar surface area (TPSA) is 144 Å². The molecule has 2 N–H and O–H groups in total. The SMILES string of the molecule is CC[C@@H](C)[C@H](Nc1ccc2c(cc1=O)[C@@H](NC(C)=O)CCc1cc(OC)c(OC)c(OC)c1-2)C(=O)N1CCN(S(=O)(=O)C(C)C)CC1. The van der Waals surface area contributed by atoms with Crippen molar-refractivity contribution in [3.05, 3.63) is 45.6 Å². The number of carbonyl (C=O) groups is 2. The van der Waals surface area contributed by atoms with E-state index < -0.39 is 27.4 Å². The highest BCUT2D eigenvalue weighted by atomic mass is 32.2. The minimum Gasteiger partial charge on any atom is -0.493 e. The van der Waals surface area contributed by atoms with Gasteiger partial charge >= 0.3 is 0 Å². The van der Waals surface area contributed by atoms with Crippen LogP contribution < -0.4 is 30.3 Å². The molecule has 1 heterocycles. The first-order valence-electron chi connectivity index (χ1n) is 16.1. The van der Waals surface area contributed by atoms with Gasteiger partial charge in [-0.2, -0.15) is 4.31 Å². The monoisotopic (exact) mass is 672 g/mol. The molecular weight excluding hydrogens is 624 g/mol. The Balaban J connectivity index is 1.78. The smallest absolute Gasteiger partial charge is 0.245 e. The maximum atomic E-state index is 13.9. The van der Waals surface area contributed by atoms with E-state index in [9.17, 15) is 22.8 Å². The number of fused-ring (bicyclic) bond motifs is 3. The molecule has 47 heavy (non-hydrogen) atoms. The first kappa shape index (κ1) is 36.0. The lowest BCUT2D eigenvalue weighted by Gasteiger charge is -2.37. The molecule has 1 aliphatic carbocycles. The highest BCUT2D eigenvalue weighted by Gasteiger charge is 2.35.